The van der Waals surface area contributed by atoms with Crippen LogP contribution in [0.2, 0.25) is 0 Å². The number of amides is 4. The minimum Gasteiger partial charge on any atom is -0.366 e. The number of hydrogen-bond acceptors (Lipinski definition) is 6. The SMILES string of the molecule is C=CCN1C(=O)NC(=O)C(C(C)=NCCN2CCN(C(=S)NC)CC2)C1=O. The number of rotatable bonds is 6. The molecule has 0 aromatic heterocycles. The van der Waals surface area contributed by atoms with E-state index in [-0.39, 0.29) is 6.54 Å². The topological polar surface area (TPSA) is 97.3 Å². The van der Waals surface area contributed by atoms with E-state index in [1.54, 1.807) is 6.92 Å². The van der Waals surface area contributed by atoms with Gasteiger partial charge in [-0.15, -0.1) is 6.58 Å². The number of hydrogen-bond donors (Lipinski definition) is 2. The summed E-state index contributed by atoms with van der Waals surface area (Å²) in [5, 5.41) is 5.94. The quantitative estimate of drug-likeness (QED) is 0.270. The summed E-state index contributed by atoms with van der Waals surface area (Å²) in [4.78, 5) is 46.1. The molecule has 1 atom stereocenters. The fourth-order valence-corrected chi connectivity index (χ4v) is 3.26. The molecule has 2 aliphatic rings. The van der Waals surface area contributed by atoms with Gasteiger partial charge in [-0.1, -0.05) is 6.08 Å². The molecule has 148 valence electrons. The molecular weight excluding hydrogens is 368 g/mol. The summed E-state index contributed by atoms with van der Waals surface area (Å²) in [5.74, 6) is -2.24. The van der Waals surface area contributed by atoms with Crippen molar-refractivity contribution in [3.63, 3.8) is 0 Å². The van der Waals surface area contributed by atoms with Crippen molar-refractivity contribution in [3.05, 3.63) is 12.7 Å². The van der Waals surface area contributed by atoms with Crippen molar-refractivity contribution in [2.45, 2.75) is 6.92 Å². The average molecular weight is 395 g/mol. The maximum Gasteiger partial charge on any atom is 0.331 e. The highest BCUT2D eigenvalue weighted by atomic mass is 32.1. The lowest BCUT2D eigenvalue weighted by Crippen LogP contribution is -2.59. The molecular formula is C17H26N6O3S. The van der Waals surface area contributed by atoms with Crippen molar-refractivity contribution >= 4 is 40.9 Å². The Bertz CT molecular complexity index is 657. The van der Waals surface area contributed by atoms with Crippen LogP contribution in [-0.2, 0) is 9.59 Å². The van der Waals surface area contributed by atoms with E-state index in [0.29, 0.717) is 12.3 Å². The summed E-state index contributed by atoms with van der Waals surface area (Å²) in [6.07, 6.45) is 1.44. The van der Waals surface area contributed by atoms with Gasteiger partial charge in [0, 0.05) is 52.0 Å². The number of urea groups is 1. The van der Waals surface area contributed by atoms with E-state index in [4.69, 9.17) is 12.2 Å². The maximum atomic E-state index is 12.5. The lowest BCUT2D eigenvalue weighted by molar-refractivity contribution is -0.139. The monoisotopic (exact) mass is 394 g/mol. The molecule has 0 aromatic rings. The molecule has 4 amide bonds. The Morgan fingerprint density at radius 3 is 2.59 bits per heavy atom. The van der Waals surface area contributed by atoms with Crippen LogP contribution >= 0.6 is 12.2 Å². The number of piperazine rings is 1. The molecule has 9 nitrogen and oxygen atoms in total. The molecule has 0 aromatic carbocycles. The normalized spacial score (nSPS) is 21.9. The predicted molar refractivity (Wildman–Crippen MR) is 107 cm³/mol. The van der Waals surface area contributed by atoms with Crippen LogP contribution in [0.4, 0.5) is 4.79 Å². The number of thiocarbonyl (C=S) groups is 1. The van der Waals surface area contributed by atoms with E-state index >= 15 is 0 Å². The predicted octanol–water partition coefficient (Wildman–Crippen LogP) is -0.550. The Morgan fingerprint density at radius 1 is 1.33 bits per heavy atom. The van der Waals surface area contributed by atoms with Crippen molar-refractivity contribution in [3.8, 4) is 0 Å². The molecule has 1 unspecified atom stereocenters. The first-order valence-electron chi connectivity index (χ1n) is 8.86. The Labute approximate surface area is 164 Å². The first-order valence-corrected chi connectivity index (χ1v) is 9.27. The van der Waals surface area contributed by atoms with Crippen molar-refractivity contribution in [2.24, 2.45) is 10.9 Å². The van der Waals surface area contributed by atoms with Gasteiger partial charge in [0.2, 0.25) is 11.8 Å². The second kappa shape index (κ2) is 9.56. The molecule has 27 heavy (non-hydrogen) atoms. The van der Waals surface area contributed by atoms with Crippen LogP contribution < -0.4 is 10.6 Å². The van der Waals surface area contributed by atoms with Gasteiger partial charge in [0.15, 0.2) is 11.0 Å². The summed E-state index contributed by atoms with van der Waals surface area (Å²) in [7, 11) is 1.82. The summed E-state index contributed by atoms with van der Waals surface area (Å²) in [6, 6.07) is -0.716. The molecule has 2 fully saturated rings. The van der Waals surface area contributed by atoms with Gasteiger partial charge in [0.25, 0.3) is 0 Å². The van der Waals surface area contributed by atoms with Crippen LogP contribution in [0.25, 0.3) is 0 Å². The zero-order valence-corrected chi connectivity index (χ0v) is 16.5. The summed E-state index contributed by atoms with van der Waals surface area (Å²) in [6.45, 7) is 9.90. The van der Waals surface area contributed by atoms with E-state index in [9.17, 15) is 14.4 Å². The number of carbonyl (C=O) groups excluding carboxylic acids is 3. The lowest BCUT2D eigenvalue weighted by Gasteiger charge is -2.35. The zero-order valence-electron chi connectivity index (χ0n) is 15.7. The minimum absolute atomic E-state index is 0.0560. The molecule has 2 saturated heterocycles. The number of carbonyl (C=O) groups is 3. The van der Waals surface area contributed by atoms with Gasteiger partial charge in [0.1, 0.15) is 0 Å². The Morgan fingerprint density at radius 2 is 2.00 bits per heavy atom. The highest BCUT2D eigenvalue weighted by molar-refractivity contribution is 7.80. The molecule has 2 N–H and O–H groups in total. The molecule has 10 heteroatoms. The highest BCUT2D eigenvalue weighted by Gasteiger charge is 2.41. The van der Waals surface area contributed by atoms with Crippen LogP contribution in [0, 0.1) is 5.92 Å². The first-order chi connectivity index (χ1) is 12.9. The smallest absolute Gasteiger partial charge is 0.331 e. The van der Waals surface area contributed by atoms with Gasteiger partial charge in [-0.05, 0) is 19.1 Å². The molecule has 2 heterocycles. The summed E-state index contributed by atoms with van der Waals surface area (Å²) >= 11 is 5.24. The van der Waals surface area contributed by atoms with Gasteiger partial charge in [-0.2, -0.15) is 0 Å². The fourth-order valence-electron chi connectivity index (χ4n) is 3.08. The Balaban J connectivity index is 1.89. The van der Waals surface area contributed by atoms with Crippen LogP contribution in [-0.4, -0.2) is 96.2 Å². The van der Waals surface area contributed by atoms with Crippen molar-refractivity contribution in [1.29, 1.82) is 0 Å². The average Bonchev–Trinajstić information content (AvgIpc) is 2.65. The number of nitrogens with one attached hydrogen (secondary N) is 2. The van der Waals surface area contributed by atoms with E-state index in [0.717, 1.165) is 42.7 Å². The van der Waals surface area contributed by atoms with Crippen LogP contribution in [0.5, 0.6) is 0 Å². The standard InChI is InChI=1S/C17H26N6O3S/c1-4-6-23-15(25)13(14(24)20-16(23)26)12(2)19-5-7-21-8-10-22(11-9-21)17(27)18-3/h4,13H,1,5-11H2,2-3H3,(H,18,27)(H,20,24,26). The van der Waals surface area contributed by atoms with Crippen molar-refractivity contribution in [2.75, 3.05) is 52.9 Å². The maximum absolute atomic E-state index is 12.5. The summed E-state index contributed by atoms with van der Waals surface area (Å²) < 4.78 is 0. The Hall–Kier alpha value is -2.33. The number of imide groups is 2. The molecule has 0 aliphatic carbocycles. The first kappa shape index (κ1) is 21.0. The van der Waals surface area contributed by atoms with Gasteiger partial charge >= 0.3 is 6.03 Å². The molecule has 0 bridgehead atoms. The second-order valence-electron chi connectivity index (χ2n) is 6.37. The van der Waals surface area contributed by atoms with Gasteiger partial charge in [0.05, 0.1) is 6.54 Å². The fraction of sp³-hybridized carbons (Fsp3) is 0.588. The third-order valence-electron chi connectivity index (χ3n) is 4.63. The van der Waals surface area contributed by atoms with Crippen LogP contribution in [0.15, 0.2) is 17.6 Å². The number of nitrogens with zero attached hydrogens (tertiary/aromatic N) is 4. The second-order valence-corrected chi connectivity index (χ2v) is 6.76. The number of barbiturate groups is 1. The lowest BCUT2D eigenvalue weighted by atomic mass is 9.99. The minimum atomic E-state index is -1.06. The van der Waals surface area contributed by atoms with Gasteiger partial charge in [-0.25, -0.2) is 4.79 Å². The molecule has 2 aliphatic heterocycles. The van der Waals surface area contributed by atoms with E-state index < -0.39 is 23.8 Å². The molecule has 0 radical (unpaired) electrons. The zero-order chi connectivity index (χ0) is 20.0. The molecule has 0 saturated carbocycles. The van der Waals surface area contributed by atoms with Crippen LogP contribution in [0.1, 0.15) is 6.92 Å². The van der Waals surface area contributed by atoms with E-state index in [1.807, 2.05) is 7.05 Å². The third-order valence-corrected chi connectivity index (χ3v) is 5.09. The van der Waals surface area contributed by atoms with E-state index in [2.05, 4.69) is 32.0 Å². The Kier molecular flexibility index (Phi) is 7.43. The summed E-state index contributed by atoms with van der Waals surface area (Å²) in [5.41, 5.74) is 0.411. The largest absolute Gasteiger partial charge is 0.366 e. The molecule has 2 rings (SSSR count). The van der Waals surface area contributed by atoms with Crippen LogP contribution in [0.3, 0.4) is 0 Å². The number of aliphatic imine (C=N–C) groups is 1. The van der Waals surface area contributed by atoms with E-state index in [1.165, 1.54) is 6.08 Å². The molecule has 0 spiro atoms. The highest BCUT2D eigenvalue weighted by Crippen LogP contribution is 2.13. The van der Waals surface area contributed by atoms with Crippen molar-refractivity contribution < 1.29 is 14.4 Å². The van der Waals surface area contributed by atoms with Gasteiger partial charge < -0.3 is 10.2 Å². The van der Waals surface area contributed by atoms with Gasteiger partial charge in [-0.3, -0.25) is 29.7 Å². The van der Waals surface area contributed by atoms with Crippen molar-refractivity contribution in [1.82, 2.24) is 25.3 Å². The third kappa shape index (κ3) is 5.10.